The molecular formula is C14H19NO3. The third-order valence-corrected chi connectivity index (χ3v) is 3.55. The number of hydrogen-bond acceptors (Lipinski definition) is 4. The molecule has 1 aromatic carbocycles. The van der Waals surface area contributed by atoms with E-state index in [2.05, 4.69) is 5.32 Å². The Kier molecular flexibility index (Phi) is 3.45. The molecule has 0 amide bonds. The number of ether oxygens (including phenoxy) is 1. The highest BCUT2D eigenvalue weighted by Crippen LogP contribution is 2.35. The van der Waals surface area contributed by atoms with E-state index in [1.165, 1.54) is 0 Å². The number of esters is 1. The maximum absolute atomic E-state index is 12.1. The van der Waals surface area contributed by atoms with Crippen LogP contribution in [0.2, 0.25) is 0 Å². The molecule has 0 radical (unpaired) electrons. The van der Waals surface area contributed by atoms with Crippen LogP contribution in [0.25, 0.3) is 0 Å². The number of benzene rings is 1. The zero-order valence-electron chi connectivity index (χ0n) is 10.8. The lowest BCUT2D eigenvalue weighted by Gasteiger charge is -2.37. The van der Waals surface area contributed by atoms with Gasteiger partial charge in [-0.15, -0.1) is 0 Å². The maximum atomic E-state index is 12.1. The topological polar surface area (TPSA) is 58.6 Å². The van der Waals surface area contributed by atoms with Crippen molar-refractivity contribution in [2.45, 2.75) is 38.6 Å². The fraction of sp³-hybridized carbons (Fsp3) is 0.500. The molecule has 1 unspecified atom stereocenters. The van der Waals surface area contributed by atoms with Crippen LogP contribution in [0.15, 0.2) is 18.2 Å². The van der Waals surface area contributed by atoms with Crippen LogP contribution in [0, 0.1) is 0 Å². The molecule has 0 bridgehead atoms. The Morgan fingerprint density at radius 2 is 2.28 bits per heavy atom. The molecule has 0 aliphatic carbocycles. The molecule has 2 N–H and O–H groups in total. The second-order valence-corrected chi connectivity index (χ2v) is 4.62. The van der Waals surface area contributed by atoms with Crippen molar-refractivity contribution in [3.05, 3.63) is 23.8 Å². The summed E-state index contributed by atoms with van der Waals surface area (Å²) < 4.78 is 5.16. The van der Waals surface area contributed by atoms with E-state index in [1.807, 2.05) is 19.9 Å². The van der Waals surface area contributed by atoms with E-state index in [0.717, 1.165) is 17.7 Å². The van der Waals surface area contributed by atoms with Crippen LogP contribution in [0.1, 0.15) is 32.3 Å². The second kappa shape index (κ2) is 4.88. The summed E-state index contributed by atoms with van der Waals surface area (Å²) in [6.45, 7) is 4.19. The Hall–Kier alpha value is -1.71. The second-order valence-electron chi connectivity index (χ2n) is 4.62. The number of aromatic hydroxyl groups is 1. The van der Waals surface area contributed by atoms with Crippen LogP contribution in [-0.2, 0) is 16.0 Å². The van der Waals surface area contributed by atoms with Gasteiger partial charge in [0.25, 0.3) is 0 Å². The molecule has 0 aromatic heterocycles. The van der Waals surface area contributed by atoms with Crippen molar-refractivity contribution >= 4 is 11.7 Å². The standard InChI is InChI=1S/C14H19NO3/c1-3-14(13(17)18-4-2)8-7-10-9-11(16)5-6-12(10)15-14/h5-6,9,15-16H,3-4,7-8H2,1-2H3. The van der Waals surface area contributed by atoms with E-state index in [1.54, 1.807) is 12.1 Å². The zero-order valence-corrected chi connectivity index (χ0v) is 10.8. The molecule has 4 heteroatoms. The first-order valence-electron chi connectivity index (χ1n) is 6.38. The molecule has 0 spiro atoms. The number of hydrogen-bond donors (Lipinski definition) is 2. The van der Waals surface area contributed by atoms with Gasteiger partial charge < -0.3 is 15.2 Å². The van der Waals surface area contributed by atoms with Gasteiger partial charge in [0, 0.05) is 5.69 Å². The minimum absolute atomic E-state index is 0.189. The Bertz CT molecular complexity index is 458. The molecule has 4 nitrogen and oxygen atoms in total. The molecule has 1 aliphatic rings. The van der Waals surface area contributed by atoms with Gasteiger partial charge in [-0.2, -0.15) is 0 Å². The summed E-state index contributed by atoms with van der Waals surface area (Å²) in [6.07, 6.45) is 2.15. The SMILES string of the molecule is CCOC(=O)C1(CC)CCc2cc(O)ccc2N1. The minimum atomic E-state index is -0.625. The highest BCUT2D eigenvalue weighted by Gasteiger charge is 2.40. The van der Waals surface area contributed by atoms with Crippen LogP contribution in [-0.4, -0.2) is 23.2 Å². The predicted molar refractivity (Wildman–Crippen MR) is 69.7 cm³/mol. The molecule has 1 aliphatic heterocycles. The quantitative estimate of drug-likeness (QED) is 0.638. The summed E-state index contributed by atoms with van der Waals surface area (Å²) in [4.78, 5) is 12.1. The number of anilines is 1. The average Bonchev–Trinajstić information content (AvgIpc) is 2.38. The van der Waals surface area contributed by atoms with Crippen LogP contribution in [0.5, 0.6) is 5.75 Å². The van der Waals surface area contributed by atoms with Gasteiger partial charge in [0.05, 0.1) is 6.61 Å². The lowest BCUT2D eigenvalue weighted by Crippen LogP contribution is -2.49. The van der Waals surface area contributed by atoms with Crippen molar-refractivity contribution in [1.82, 2.24) is 0 Å². The number of fused-ring (bicyclic) bond motifs is 1. The fourth-order valence-corrected chi connectivity index (χ4v) is 2.41. The van der Waals surface area contributed by atoms with Crippen molar-refractivity contribution < 1.29 is 14.6 Å². The molecule has 1 heterocycles. The minimum Gasteiger partial charge on any atom is -0.508 e. The zero-order chi connectivity index (χ0) is 13.2. The van der Waals surface area contributed by atoms with Crippen molar-refractivity contribution in [2.24, 2.45) is 0 Å². The highest BCUT2D eigenvalue weighted by molar-refractivity contribution is 5.86. The number of nitrogens with one attached hydrogen (secondary N) is 1. The van der Waals surface area contributed by atoms with Crippen LogP contribution < -0.4 is 5.32 Å². The summed E-state index contributed by atoms with van der Waals surface area (Å²) in [5.74, 6) is 0.0712. The molecule has 0 saturated carbocycles. The van der Waals surface area contributed by atoms with Gasteiger partial charge in [0.15, 0.2) is 0 Å². The number of carbonyl (C=O) groups excluding carboxylic acids is 1. The molecule has 98 valence electrons. The van der Waals surface area contributed by atoms with E-state index in [4.69, 9.17) is 4.74 Å². The maximum Gasteiger partial charge on any atom is 0.331 e. The van der Waals surface area contributed by atoms with Crippen molar-refractivity contribution in [2.75, 3.05) is 11.9 Å². The first kappa shape index (κ1) is 12.7. The summed E-state index contributed by atoms with van der Waals surface area (Å²) in [7, 11) is 0. The largest absolute Gasteiger partial charge is 0.508 e. The van der Waals surface area contributed by atoms with Crippen LogP contribution >= 0.6 is 0 Å². The van der Waals surface area contributed by atoms with Crippen molar-refractivity contribution in [3.8, 4) is 5.75 Å². The summed E-state index contributed by atoms with van der Waals surface area (Å²) in [5, 5.41) is 12.7. The average molecular weight is 249 g/mol. The van der Waals surface area contributed by atoms with Gasteiger partial charge in [-0.05, 0) is 49.9 Å². The molecule has 1 atom stereocenters. The van der Waals surface area contributed by atoms with Gasteiger partial charge in [0.2, 0.25) is 0 Å². The van der Waals surface area contributed by atoms with Gasteiger partial charge >= 0.3 is 5.97 Å². The lowest BCUT2D eigenvalue weighted by molar-refractivity contribution is -0.149. The first-order chi connectivity index (χ1) is 8.61. The normalized spacial score (nSPS) is 21.9. The van der Waals surface area contributed by atoms with Crippen LogP contribution in [0.4, 0.5) is 5.69 Å². The number of carbonyl (C=O) groups is 1. The van der Waals surface area contributed by atoms with E-state index < -0.39 is 5.54 Å². The van der Waals surface area contributed by atoms with Gasteiger partial charge in [-0.1, -0.05) is 6.92 Å². The van der Waals surface area contributed by atoms with Gasteiger partial charge in [-0.3, -0.25) is 0 Å². The molecular weight excluding hydrogens is 230 g/mol. The Morgan fingerprint density at radius 1 is 1.50 bits per heavy atom. The van der Waals surface area contributed by atoms with E-state index in [-0.39, 0.29) is 11.7 Å². The smallest absolute Gasteiger partial charge is 0.331 e. The predicted octanol–water partition coefficient (Wildman–Crippen LogP) is 2.46. The lowest BCUT2D eigenvalue weighted by atomic mass is 9.84. The number of rotatable bonds is 3. The first-order valence-corrected chi connectivity index (χ1v) is 6.38. The van der Waals surface area contributed by atoms with Crippen LogP contribution in [0.3, 0.4) is 0 Å². The number of phenols is 1. The van der Waals surface area contributed by atoms with E-state index in [0.29, 0.717) is 19.4 Å². The molecule has 18 heavy (non-hydrogen) atoms. The summed E-state index contributed by atoms with van der Waals surface area (Å²) in [6, 6.07) is 5.18. The Labute approximate surface area is 107 Å². The fourth-order valence-electron chi connectivity index (χ4n) is 2.41. The van der Waals surface area contributed by atoms with E-state index >= 15 is 0 Å². The number of aryl methyl sites for hydroxylation is 1. The van der Waals surface area contributed by atoms with Gasteiger partial charge in [-0.25, -0.2) is 4.79 Å². The van der Waals surface area contributed by atoms with Crippen molar-refractivity contribution in [1.29, 1.82) is 0 Å². The third kappa shape index (κ3) is 2.15. The molecule has 1 aromatic rings. The Morgan fingerprint density at radius 3 is 2.94 bits per heavy atom. The molecule has 0 saturated heterocycles. The van der Waals surface area contributed by atoms with Crippen molar-refractivity contribution in [3.63, 3.8) is 0 Å². The molecule has 0 fully saturated rings. The third-order valence-electron chi connectivity index (χ3n) is 3.55. The monoisotopic (exact) mass is 249 g/mol. The number of phenolic OH excluding ortho intramolecular Hbond substituents is 1. The van der Waals surface area contributed by atoms with Gasteiger partial charge in [0.1, 0.15) is 11.3 Å². The molecule has 2 rings (SSSR count). The summed E-state index contributed by atoms with van der Waals surface area (Å²) >= 11 is 0. The summed E-state index contributed by atoms with van der Waals surface area (Å²) in [5.41, 5.74) is 1.33. The van der Waals surface area contributed by atoms with E-state index in [9.17, 15) is 9.90 Å². The Balaban J connectivity index is 2.28. The highest BCUT2D eigenvalue weighted by atomic mass is 16.5.